The highest BCUT2D eigenvalue weighted by Gasteiger charge is 2.15. The molecular weight excluding hydrogens is 302 g/mol. The molecule has 2 N–H and O–H groups in total. The monoisotopic (exact) mass is 319 g/mol. The molecule has 0 fully saturated rings. The van der Waals surface area contributed by atoms with Crippen molar-refractivity contribution >= 4 is 28.8 Å². The zero-order chi connectivity index (χ0) is 15.4. The highest BCUT2D eigenvalue weighted by molar-refractivity contribution is 7.80. The molecule has 21 heavy (non-hydrogen) atoms. The minimum atomic E-state index is 0.233. The summed E-state index contributed by atoms with van der Waals surface area (Å²) in [6, 6.07) is 13.4. The van der Waals surface area contributed by atoms with E-state index in [0.29, 0.717) is 22.3 Å². The van der Waals surface area contributed by atoms with Crippen LogP contribution in [0.5, 0.6) is 11.5 Å². The van der Waals surface area contributed by atoms with Gasteiger partial charge in [-0.3, -0.25) is 0 Å². The van der Waals surface area contributed by atoms with E-state index < -0.39 is 0 Å². The quantitative estimate of drug-likeness (QED) is 0.761. The van der Waals surface area contributed by atoms with Crippen molar-refractivity contribution in [3.8, 4) is 11.5 Å². The van der Waals surface area contributed by atoms with Gasteiger partial charge in [0.05, 0.1) is 10.6 Å². The number of hydrogen-bond donors (Lipinski definition) is 1. The van der Waals surface area contributed by atoms with E-state index in [0.717, 1.165) is 17.7 Å². The molecule has 0 bridgehead atoms. The fraction of sp³-hybridized carbons (Fsp3) is 0.235. The van der Waals surface area contributed by atoms with Crippen LogP contribution in [-0.4, -0.2) is 4.99 Å². The Kier molecular flexibility index (Phi) is 5.21. The van der Waals surface area contributed by atoms with Gasteiger partial charge in [-0.2, -0.15) is 0 Å². The van der Waals surface area contributed by atoms with Gasteiger partial charge in [0.15, 0.2) is 0 Å². The summed E-state index contributed by atoms with van der Waals surface area (Å²) in [5.41, 5.74) is 7.50. The predicted molar refractivity (Wildman–Crippen MR) is 92.6 cm³/mol. The summed E-state index contributed by atoms with van der Waals surface area (Å²) in [4.78, 5) is 0.233. The topological polar surface area (TPSA) is 35.2 Å². The Morgan fingerprint density at radius 3 is 2.52 bits per heavy atom. The first-order valence-electron chi connectivity index (χ1n) is 6.89. The molecule has 0 saturated carbocycles. The lowest BCUT2D eigenvalue weighted by Crippen LogP contribution is -2.11. The van der Waals surface area contributed by atoms with Gasteiger partial charge in [0.1, 0.15) is 16.5 Å². The van der Waals surface area contributed by atoms with E-state index in [4.69, 9.17) is 34.3 Å². The Morgan fingerprint density at radius 1 is 1.19 bits per heavy atom. The molecule has 2 aromatic rings. The van der Waals surface area contributed by atoms with Gasteiger partial charge in [-0.1, -0.05) is 61.9 Å². The molecule has 2 aromatic carbocycles. The van der Waals surface area contributed by atoms with Crippen LogP contribution in [0.15, 0.2) is 42.5 Å². The molecule has 0 aromatic heterocycles. The van der Waals surface area contributed by atoms with Gasteiger partial charge in [-0.15, -0.1) is 0 Å². The van der Waals surface area contributed by atoms with Crippen LogP contribution in [0, 0.1) is 0 Å². The molecule has 0 heterocycles. The molecular formula is C17H18ClNOS. The van der Waals surface area contributed by atoms with Crippen LogP contribution in [0.1, 0.15) is 37.3 Å². The van der Waals surface area contributed by atoms with Crippen molar-refractivity contribution in [1.29, 1.82) is 0 Å². The van der Waals surface area contributed by atoms with Crippen molar-refractivity contribution in [2.75, 3.05) is 0 Å². The van der Waals surface area contributed by atoms with Crippen LogP contribution >= 0.6 is 23.8 Å². The highest BCUT2D eigenvalue weighted by Crippen LogP contribution is 2.35. The Balaban J connectivity index is 2.44. The second-order valence-corrected chi connectivity index (χ2v) is 5.77. The predicted octanol–water partition coefficient (Wildman–Crippen LogP) is 5.28. The average molecular weight is 320 g/mol. The maximum Gasteiger partial charge on any atom is 0.139 e. The lowest BCUT2D eigenvalue weighted by Gasteiger charge is -2.17. The summed E-state index contributed by atoms with van der Waals surface area (Å²) >= 11 is 11.2. The summed E-state index contributed by atoms with van der Waals surface area (Å²) < 4.78 is 6.05. The summed E-state index contributed by atoms with van der Waals surface area (Å²) in [7, 11) is 0. The smallest absolute Gasteiger partial charge is 0.139 e. The van der Waals surface area contributed by atoms with Crippen molar-refractivity contribution in [1.82, 2.24) is 0 Å². The van der Waals surface area contributed by atoms with Crippen LogP contribution in [0.2, 0.25) is 5.02 Å². The Labute approximate surface area is 135 Å². The second kappa shape index (κ2) is 6.92. The number of ether oxygens (including phenoxy) is 1. The molecule has 110 valence electrons. The number of benzene rings is 2. The molecule has 0 aliphatic rings. The third-order valence-electron chi connectivity index (χ3n) is 3.50. The average Bonchev–Trinajstić information content (AvgIpc) is 2.46. The molecule has 2 nitrogen and oxygen atoms in total. The molecule has 1 atom stereocenters. The second-order valence-electron chi connectivity index (χ2n) is 4.93. The number of para-hydroxylation sites is 1. The standard InChI is InChI=1S/C17H18ClNOS/c1-3-11(2)12-7-4-5-9-14(12)20-15-10-6-8-13(18)16(15)17(19)21/h4-11H,3H2,1-2H3,(H2,19,21). The number of rotatable bonds is 5. The number of thiocarbonyl (C=S) groups is 1. The van der Waals surface area contributed by atoms with E-state index in [1.54, 1.807) is 6.07 Å². The Bertz CT molecular complexity index is 657. The summed E-state index contributed by atoms with van der Waals surface area (Å²) in [6.45, 7) is 4.33. The van der Waals surface area contributed by atoms with Crippen LogP contribution in [-0.2, 0) is 0 Å². The molecule has 0 aliphatic carbocycles. The zero-order valence-corrected chi connectivity index (χ0v) is 13.7. The van der Waals surface area contributed by atoms with E-state index in [9.17, 15) is 0 Å². The van der Waals surface area contributed by atoms with Crippen molar-refractivity contribution in [3.63, 3.8) is 0 Å². The van der Waals surface area contributed by atoms with Crippen LogP contribution < -0.4 is 10.5 Å². The maximum atomic E-state index is 6.17. The lowest BCUT2D eigenvalue weighted by molar-refractivity contribution is 0.469. The van der Waals surface area contributed by atoms with E-state index in [2.05, 4.69) is 19.9 Å². The Morgan fingerprint density at radius 2 is 1.86 bits per heavy atom. The van der Waals surface area contributed by atoms with Crippen molar-refractivity contribution in [2.45, 2.75) is 26.2 Å². The van der Waals surface area contributed by atoms with Crippen molar-refractivity contribution in [2.24, 2.45) is 5.73 Å². The molecule has 0 spiro atoms. The van der Waals surface area contributed by atoms with E-state index in [1.807, 2.05) is 30.3 Å². The van der Waals surface area contributed by atoms with Crippen molar-refractivity contribution in [3.05, 3.63) is 58.6 Å². The van der Waals surface area contributed by atoms with E-state index in [-0.39, 0.29) is 4.99 Å². The lowest BCUT2D eigenvalue weighted by atomic mass is 9.98. The Hall–Kier alpha value is -1.58. The third-order valence-corrected chi connectivity index (χ3v) is 4.02. The maximum absolute atomic E-state index is 6.17. The minimum absolute atomic E-state index is 0.233. The fourth-order valence-electron chi connectivity index (χ4n) is 2.15. The molecule has 0 radical (unpaired) electrons. The van der Waals surface area contributed by atoms with Crippen LogP contribution in [0.25, 0.3) is 0 Å². The van der Waals surface area contributed by atoms with Gasteiger partial charge in [0, 0.05) is 0 Å². The number of halogens is 1. The SMILES string of the molecule is CCC(C)c1ccccc1Oc1cccc(Cl)c1C(N)=S. The van der Waals surface area contributed by atoms with Crippen LogP contribution in [0.3, 0.4) is 0 Å². The largest absolute Gasteiger partial charge is 0.456 e. The number of nitrogens with two attached hydrogens (primary N) is 1. The molecule has 0 saturated heterocycles. The fourth-order valence-corrected chi connectivity index (χ4v) is 2.68. The molecule has 2 rings (SSSR count). The van der Waals surface area contributed by atoms with Gasteiger partial charge < -0.3 is 10.5 Å². The van der Waals surface area contributed by atoms with Crippen LogP contribution in [0.4, 0.5) is 0 Å². The summed E-state index contributed by atoms with van der Waals surface area (Å²) in [5.74, 6) is 1.81. The van der Waals surface area contributed by atoms with Gasteiger partial charge in [-0.25, -0.2) is 0 Å². The van der Waals surface area contributed by atoms with E-state index >= 15 is 0 Å². The van der Waals surface area contributed by atoms with Crippen molar-refractivity contribution < 1.29 is 4.74 Å². The third kappa shape index (κ3) is 3.55. The first-order valence-corrected chi connectivity index (χ1v) is 7.68. The van der Waals surface area contributed by atoms with Gasteiger partial charge >= 0.3 is 0 Å². The zero-order valence-electron chi connectivity index (χ0n) is 12.1. The molecule has 0 aliphatic heterocycles. The molecule has 4 heteroatoms. The highest BCUT2D eigenvalue weighted by atomic mass is 35.5. The normalized spacial score (nSPS) is 12.0. The minimum Gasteiger partial charge on any atom is -0.456 e. The summed E-state index contributed by atoms with van der Waals surface area (Å²) in [6.07, 6.45) is 1.04. The van der Waals surface area contributed by atoms with Gasteiger partial charge in [-0.05, 0) is 36.1 Å². The first-order chi connectivity index (χ1) is 10.0. The molecule has 0 amide bonds. The number of hydrogen-bond acceptors (Lipinski definition) is 2. The van der Waals surface area contributed by atoms with Gasteiger partial charge in [0.25, 0.3) is 0 Å². The van der Waals surface area contributed by atoms with E-state index in [1.165, 1.54) is 0 Å². The van der Waals surface area contributed by atoms with Gasteiger partial charge in [0.2, 0.25) is 0 Å². The summed E-state index contributed by atoms with van der Waals surface area (Å²) in [5, 5.41) is 0.501. The first kappa shape index (κ1) is 15.8. The molecule has 1 unspecified atom stereocenters.